The van der Waals surface area contributed by atoms with Crippen molar-refractivity contribution in [2.24, 2.45) is 11.1 Å². The van der Waals surface area contributed by atoms with Crippen LogP contribution in [0.2, 0.25) is 0 Å². The maximum atomic E-state index is 12.7. The van der Waals surface area contributed by atoms with Crippen molar-refractivity contribution in [3.63, 3.8) is 0 Å². The number of rotatable bonds is 6. The minimum atomic E-state index is -0.965. The SMILES string of the molecule is CC[C@]1(C#N)CCN(c2ccnc(Nc3ccc(C4(C(N)=O)CC4)cc3)n2)C1=O. The highest BCUT2D eigenvalue weighted by molar-refractivity contribution is 6.01. The first-order valence-electron chi connectivity index (χ1n) is 9.68. The van der Waals surface area contributed by atoms with E-state index in [1.54, 1.807) is 17.2 Å². The number of amides is 2. The summed E-state index contributed by atoms with van der Waals surface area (Å²) >= 11 is 0. The Kier molecular flexibility index (Phi) is 4.46. The molecule has 1 aromatic heterocycles. The van der Waals surface area contributed by atoms with Gasteiger partial charge in [0.1, 0.15) is 11.2 Å². The number of nitrogens with two attached hydrogens (primary N) is 1. The maximum Gasteiger partial charge on any atom is 0.248 e. The van der Waals surface area contributed by atoms with Crippen LogP contribution in [0.5, 0.6) is 0 Å². The summed E-state index contributed by atoms with van der Waals surface area (Å²) in [6.07, 6.45) is 4.12. The Labute approximate surface area is 168 Å². The van der Waals surface area contributed by atoms with E-state index >= 15 is 0 Å². The van der Waals surface area contributed by atoms with Crippen molar-refractivity contribution in [1.29, 1.82) is 5.26 Å². The van der Waals surface area contributed by atoms with Gasteiger partial charge >= 0.3 is 0 Å². The van der Waals surface area contributed by atoms with E-state index in [-0.39, 0.29) is 11.8 Å². The van der Waals surface area contributed by atoms with Gasteiger partial charge in [-0.1, -0.05) is 19.1 Å². The average molecular weight is 390 g/mol. The largest absolute Gasteiger partial charge is 0.369 e. The predicted octanol–water partition coefficient (Wildman–Crippen LogP) is 2.39. The third-order valence-corrected chi connectivity index (χ3v) is 6.07. The second-order valence-electron chi connectivity index (χ2n) is 7.64. The molecule has 8 nitrogen and oxygen atoms in total. The van der Waals surface area contributed by atoms with Gasteiger partial charge in [-0.2, -0.15) is 10.2 Å². The summed E-state index contributed by atoms with van der Waals surface area (Å²) in [4.78, 5) is 34.6. The first-order chi connectivity index (χ1) is 13.9. The van der Waals surface area contributed by atoms with Gasteiger partial charge in [0.15, 0.2) is 0 Å². The van der Waals surface area contributed by atoms with Crippen LogP contribution in [-0.4, -0.2) is 28.3 Å². The van der Waals surface area contributed by atoms with Gasteiger partial charge in [0.2, 0.25) is 17.8 Å². The number of hydrogen-bond donors (Lipinski definition) is 2. The van der Waals surface area contributed by atoms with Crippen LogP contribution < -0.4 is 16.0 Å². The molecule has 2 fully saturated rings. The van der Waals surface area contributed by atoms with Crippen LogP contribution in [0.3, 0.4) is 0 Å². The second kappa shape index (κ2) is 6.85. The number of carbonyl (C=O) groups excluding carboxylic acids is 2. The fraction of sp³-hybridized carbons (Fsp3) is 0.381. The van der Waals surface area contributed by atoms with Crippen molar-refractivity contribution in [3.05, 3.63) is 42.1 Å². The second-order valence-corrected chi connectivity index (χ2v) is 7.64. The van der Waals surface area contributed by atoms with Crippen LogP contribution in [0.4, 0.5) is 17.5 Å². The van der Waals surface area contributed by atoms with E-state index in [1.165, 1.54) is 0 Å². The molecule has 3 N–H and O–H groups in total. The number of nitriles is 1. The Hall–Kier alpha value is -3.47. The van der Waals surface area contributed by atoms with Crippen molar-refractivity contribution in [1.82, 2.24) is 9.97 Å². The standard InChI is InChI=1S/C21H22N6O2/c1-2-20(13-22)10-12-27(18(20)29)16-7-11-24-19(26-16)25-15-5-3-14(4-6-15)21(8-9-21)17(23)28/h3-7,11H,2,8-10,12H2,1H3,(H2,23,28)(H,24,25,26)/t20-/m1/s1. The Morgan fingerprint density at radius 1 is 1.28 bits per heavy atom. The van der Waals surface area contributed by atoms with Gasteiger partial charge in [0, 0.05) is 18.4 Å². The van der Waals surface area contributed by atoms with E-state index in [1.807, 2.05) is 31.2 Å². The number of benzene rings is 1. The highest BCUT2D eigenvalue weighted by Gasteiger charge is 2.50. The van der Waals surface area contributed by atoms with Crippen LogP contribution in [0, 0.1) is 16.7 Å². The molecule has 148 valence electrons. The molecule has 2 aromatic rings. The summed E-state index contributed by atoms with van der Waals surface area (Å²) in [6, 6.07) is 11.3. The molecule has 0 unspecified atom stereocenters. The number of anilines is 3. The van der Waals surface area contributed by atoms with Crippen LogP contribution in [0.15, 0.2) is 36.5 Å². The van der Waals surface area contributed by atoms with Gasteiger partial charge in [0.05, 0.1) is 11.5 Å². The van der Waals surface area contributed by atoms with E-state index < -0.39 is 10.8 Å². The monoisotopic (exact) mass is 390 g/mol. The molecule has 2 amide bonds. The number of nitrogens with one attached hydrogen (secondary N) is 1. The van der Waals surface area contributed by atoms with Crippen molar-refractivity contribution >= 4 is 29.3 Å². The van der Waals surface area contributed by atoms with Crippen LogP contribution in [0.25, 0.3) is 0 Å². The van der Waals surface area contributed by atoms with Crippen LogP contribution in [0.1, 0.15) is 38.2 Å². The number of primary amides is 1. The Morgan fingerprint density at radius 2 is 2.00 bits per heavy atom. The summed E-state index contributed by atoms with van der Waals surface area (Å²) < 4.78 is 0. The average Bonchev–Trinajstić information content (AvgIpc) is 3.48. The topological polar surface area (TPSA) is 125 Å². The molecule has 0 radical (unpaired) electrons. The summed E-state index contributed by atoms with van der Waals surface area (Å²) in [5.41, 5.74) is 5.73. The van der Waals surface area contributed by atoms with Crippen molar-refractivity contribution in [2.45, 2.75) is 38.0 Å². The van der Waals surface area contributed by atoms with E-state index in [0.29, 0.717) is 31.2 Å². The molecular weight excluding hydrogens is 368 g/mol. The quantitative estimate of drug-likeness (QED) is 0.780. The van der Waals surface area contributed by atoms with E-state index in [2.05, 4.69) is 21.4 Å². The van der Waals surface area contributed by atoms with Crippen LogP contribution >= 0.6 is 0 Å². The van der Waals surface area contributed by atoms with E-state index in [0.717, 1.165) is 24.1 Å². The fourth-order valence-corrected chi connectivity index (χ4v) is 3.86. The molecule has 8 heteroatoms. The summed E-state index contributed by atoms with van der Waals surface area (Å²) in [7, 11) is 0. The lowest BCUT2D eigenvalue weighted by molar-refractivity contribution is -0.123. The molecule has 0 bridgehead atoms. The van der Waals surface area contributed by atoms with Gasteiger partial charge in [-0.15, -0.1) is 0 Å². The molecule has 1 saturated heterocycles. The molecule has 1 saturated carbocycles. The molecule has 2 heterocycles. The van der Waals surface area contributed by atoms with Gasteiger partial charge < -0.3 is 11.1 Å². The molecule has 4 rings (SSSR count). The zero-order chi connectivity index (χ0) is 20.6. The highest BCUT2D eigenvalue weighted by atomic mass is 16.2. The third-order valence-electron chi connectivity index (χ3n) is 6.07. The summed E-state index contributed by atoms with van der Waals surface area (Å²) in [6.45, 7) is 2.31. The summed E-state index contributed by atoms with van der Waals surface area (Å²) in [5.74, 6) is 0.327. The zero-order valence-corrected chi connectivity index (χ0v) is 16.2. The molecule has 0 spiro atoms. The van der Waals surface area contributed by atoms with Gasteiger partial charge in [-0.25, -0.2) is 4.98 Å². The van der Waals surface area contributed by atoms with Gasteiger partial charge in [0.25, 0.3) is 0 Å². The minimum Gasteiger partial charge on any atom is -0.369 e. The van der Waals surface area contributed by atoms with E-state index in [4.69, 9.17) is 5.73 Å². The van der Waals surface area contributed by atoms with E-state index in [9.17, 15) is 14.9 Å². The van der Waals surface area contributed by atoms with Crippen molar-refractivity contribution < 1.29 is 9.59 Å². The highest BCUT2D eigenvalue weighted by Crippen LogP contribution is 2.48. The minimum absolute atomic E-state index is 0.210. The predicted molar refractivity (Wildman–Crippen MR) is 107 cm³/mol. The smallest absolute Gasteiger partial charge is 0.248 e. The Balaban J connectivity index is 1.51. The lowest BCUT2D eigenvalue weighted by Crippen LogP contribution is -2.33. The van der Waals surface area contributed by atoms with Crippen LogP contribution in [-0.2, 0) is 15.0 Å². The Bertz CT molecular complexity index is 1010. The molecular formula is C21H22N6O2. The zero-order valence-electron chi connectivity index (χ0n) is 16.2. The molecule has 1 aromatic carbocycles. The molecule has 1 aliphatic carbocycles. The van der Waals surface area contributed by atoms with Gasteiger partial charge in [-0.05, 0) is 49.4 Å². The number of carbonyl (C=O) groups is 2. The third kappa shape index (κ3) is 3.09. The normalized spacial score (nSPS) is 22.2. The molecule has 29 heavy (non-hydrogen) atoms. The summed E-state index contributed by atoms with van der Waals surface area (Å²) in [5, 5.41) is 12.6. The Morgan fingerprint density at radius 3 is 2.55 bits per heavy atom. The number of nitrogens with zero attached hydrogens (tertiary/aromatic N) is 4. The lowest BCUT2D eigenvalue weighted by atomic mass is 9.85. The first kappa shape index (κ1) is 18.9. The molecule has 1 atom stereocenters. The first-order valence-corrected chi connectivity index (χ1v) is 9.68. The van der Waals surface area contributed by atoms with Gasteiger partial charge in [-0.3, -0.25) is 14.5 Å². The molecule has 2 aliphatic rings. The lowest BCUT2D eigenvalue weighted by Gasteiger charge is -2.19. The fourth-order valence-electron chi connectivity index (χ4n) is 3.86. The number of hydrogen-bond acceptors (Lipinski definition) is 6. The van der Waals surface area contributed by atoms with Crippen molar-refractivity contribution in [3.8, 4) is 6.07 Å². The number of aromatic nitrogens is 2. The molecule has 1 aliphatic heterocycles. The van der Waals surface area contributed by atoms with Crippen molar-refractivity contribution in [2.75, 3.05) is 16.8 Å². The maximum absolute atomic E-state index is 12.7.